The number of hydrogen-bond acceptors (Lipinski definition) is 3. The van der Waals surface area contributed by atoms with Crippen LogP contribution >= 0.6 is 39.1 Å². The van der Waals surface area contributed by atoms with Crippen LogP contribution in [0.3, 0.4) is 0 Å². The largest absolute Gasteiger partial charge is 0.483 e. The molecular formula is C24H23BrCl2N2O3. The summed E-state index contributed by atoms with van der Waals surface area (Å²) in [5, 5.41) is 5.72. The second kappa shape index (κ2) is 11.0. The summed E-state index contributed by atoms with van der Waals surface area (Å²) in [5.74, 6) is -0.0418. The van der Waals surface area contributed by atoms with Gasteiger partial charge in [0.25, 0.3) is 5.91 Å². The molecule has 168 valence electrons. The first-order chi connectivity index (χ1) is 15.3. The van der Waals surface area contributed by atoms with E-state index in [1.165, 1.54) is 4.90 Å². The molecule has 0 aliphatic carbocycles. The van der Waals surface area contributed by atoms with Crippen molar-refractivity contribution in [1.29, 1.82) is 0 Å². The summed E-state index contributed by atoms with van der Waals surface area (Å²) in [5.41, 5.74) is 0.687. The summed E-state index contributed by atoms with van der Waals surface area (Å²) in [6.45, 7) is 3.89. The fourth-order valence-electron chi connectivity index (χ4n) is 3.29. The maximum absolute atomic E-state index is 13.2. The molecule has 8 heteroatoms. The number of nitrogens with zero attached hydrogens (tertiary/aromatic N) is 1. The van der Waals surface area contributed by atoms with E-state index in [1.807, 2.05) is 43.3 Å². The number of rotatable bonds is 8. The van der Waals surface area contributed by atoms with Crippen molar-refractivity contribution >= 4 is 61.7 Å². The summed E-state index contributed by atoms with van der Waals surface area (Å²) in [6.07, 6.45) is 0. The lowest BCUT2D eigenvalue weighted by atomic mass is 10.1. The maximum Gasteiger partial charge on any atom is 0.261 e. The predicted octanol–water partition coefficient (Wildman–Crippen LogP) is 5.84. The van der Waals surface area contributed by atoms with Gasteiger partial charge in [-0.1, -0.05) is 59.6 Å². The minimum atomic E-state index is -0.710. The molecule has 0 radical (unpaired) electrons. The van der Waals surface area contributed by atoms with E-state index in [1.54, 1.807) is 25.1 Å². The number of carbonyl (C=O) groups is 2. The van der Waals surface area contributed by atoms with Gasteiger partial charge in [-0.3, -0.25) is 9.59 Å². The van der Waals surface area contributed by atoms with Gasteiger partial charge < -0.3 is 15.0 Å². The molecular weight excluding hydrogens is 515 g/mol. The van der Waals surface area contributed by atoms with Gasteiger partial charge in [0, 0.05) is 23.1 Å². The number of nitrogens with one attached hydrogen (secondary N) is 1. The van der Waals surface area contributed by atoms with Crippen LogP contribution in [0.2, 0.25) is 10.0 Å². The highest BCUT2D eigenvalue weighted by atomic mass is 79.9. The van der Waals surface area contributed by atoms with E-state index < -0.39 is 6.04 Å². The Bertz CT molecular complexity index is 1140. The topological polar surface area (TPSA) is 58.6 Å². The second-order valence-electron chi connectivity index (χ2n) is 7.22. The molecule has 0 saturated carbocycles. The van der Waals surface area contributed by atoms with Gasteiger partial charge in [-0.2, -0.15) is 0 Å². The smallest absolute Gasteiger partial charge is 0.261 e. The third-order valence-corrected chi connectivity index (χ3v) is 6.46. The van der Waals surface area contributed by atoms with Crippen LogP contribution in [0.15, 0.2) is 59.1 Å². The Labute approximate surface area is 205 Å². The number of benzene rings is 3. The van der Waals surface area contributed by atoms with Crippen molar-refractivity contribution in [2.75, 3.05) is 13.2 Å². The molecule has 1 atom stereocenters. The lowest BCUT2D eigenvalue weighted by Gasteiger charge is -2.29. The Kier molecular flexibility index (Phi) is 8.40. The first-order valence-electron chi connectivity index (χ1n) is 10.1. The number of fused-ring (bicyclic) bond motifs is 1. The molecule has 3 aromatic carbocycles. The fourth-order valence-corrected chi connectivity index (χ4v) is 4.36. The molecule has 32 heavy (non-hydrogen) atoms. The number of hydrogen-bond donors (Lipinski definition) is 1. The monoisotopic (exact) mass is 536 g/mol. The highest BCUT2D eigenvalue weighted by Gasteiger charge is 2.27. The van der Waals surface area contributed by atoms with E-state index in [-0.39, 0.29) is 25.0 Å². The quantitative estimate of drug-likeness (QED) is 0.392. The van der Waals surface area contributed by atoms with Crippen LogP contribution in [0.25, 0.3) is 10.8 Å². The molecule has 0 aliphatic heterocycles. The Balaban J connectivity index is 1.81. The summed E-state index contributed by atoms with van der Waals surface area (Å²) >= 11 is 15.9. The maximum atomic E-state index is 13.2. The predicted molar refractivity (Wildman–Crippen MR) is 132 cm³/mol. The lowest BCUT2D eigenvalue weighted by Crippen LogP contribution is -2.49. The summed E-state index contributed by atoms with van der Waals surface area (Å²) in [4.78, 5) is 27.1. The van der Waals surface area contributed by atoms with Crippen molar-refractivity contribution < 1.29 is 14.3 Å². The molecule has 0 heterocycles. The number of ether oxygens (including phenoxy) is 1. The normalized spacial score (nSPS) is 11.8. The molecule has 0 fully saturated rings. The molecule has 0 spiro atoms. The zero-order valence-electron chi connectivity index (χ0n) is 17.7. The standard InChI is InChI=1S/C24H23BrCl2N2O3/c1-3-28-24(31)15(2)29(13-17-8-10-18(26)12-20(17)27)22(30)14-32-21-11-9-16-6-4-5-7-19(16)23(21)25/h4-12,15H,3,13-14H2,1-2H3,(H,28,31). The zero-order chi connectivity index (χ0) is 23.3. The van der Waals surface area contributed by atoms with Gasteiger partial charge in [0.15, 0.2) is 6.61 Å². The van der Waals surface area contributed by atoms with Crippen molar-refractivity contribution in [3.8, 4) is 5.75 Å². The third-order valence-electron chi connectivity index (χ3n) is 5.05. The van der Waals surface area contributed by atoms with E-state index in [4.69, 9.17) is 27.9 Å². The molecule has 1 unspecified atom stereocenters. The molecule has 5 nitrogen and oxygen atoms in total. The molecule has 0 aliphatic rings. The van der Waals surface area contributed by atoms with Gasteiger partial charge in [0.2, 0.25) is 5.91 Å². The number of likely N-dealkylation sites (N-methyl/N-ethyl adjacent to an activating group) is 1. The molecule has 0 saturated heterocycles. The molecule has 2 amide bonds. The van der Waals surface area contributed by atoms with Crippen LogP contribution in [0, 0.1) is 0 Å². The molecule has 3 rings (SSSR count). The molecule has 0 bridgehead atoms. The van der Waals surface area contributed by atoms with Crippen molar-refractivity contribution in [2.24, 2.45) is 0 Å². The van der Waals surface area contributed by atoms with Crippen molar-refractivity contribution in [1.82, 2.24) is 10.2 Å². The summed E-state index contributed by atoms with van der Waals surface area (Å²) in [7, 11) is 0. The van der Waals surface area contributed by atoms with Crippen molar-refractivity contribution in [3.63, 3.8) is 0 Å². The minimum absolute atomic E-state index is 0.148. The zero-order valence-corrected chi connectivity index (χ0v) is 20.8. The third kappa shape index (κ3) is 5.74. The van der Waals surface area contributed by atoms with Gasteiger partial charge >= 0.3 is 0 Å². The Hall–Kier alpha value is -2.28. The number of amides is 2. The van der Waals surface area contributed by atoms with Crippen LogP contribution in [0.5, 0.6) is 5.75 Å². The molecule has 3 aromatic rings. The Morgan fingerprint density at radius 1 is 1.12 bits per heavy atom. The van der Waals surface area contributed by atoms with Gasteiger partial charge in [0.1, 0.15) is 11.8 Å². The highest BCUT2D eigenvalue weighted by molar-refractivity contribution is 9.10. The van der Waals surface area contributed by atoms with Gasteiger partial charge in [-0.15, -0.1) is 0 Å². The first-order valence-corrected chi connectivity index (χ1v) is 11.7. The highest BCUT2D eigenvalue weighted by Crippen LogP contribution is 2.33. The Morgan fingerprint density at radius 3 is 2.59 bits per heavy atom. The minimum Gasteiger partial charge on any atom is -0.483 e. The van der Waals surface area contributed by atoms with Crippen LogP contribution in [0.1, 0.15) is 19.4 Å². The van der Waals surface area contributed by atoms with Crippen LogP contribution in [-0.4, -0.2) is 35.9 Å². The Morgan fingerprint density at radius 2 is 1.88 bits per heavy atom. The number of halogens is 3. The van der Waals surface area contributed by atoms with Gasteiger partial charge in [-0.05, 0) is 64.3 Å². The van der Waals surface area contributed by atoms with E-state index in [9.17, 15) is 9.59 Å². The van der Waals surface area contributed by atoms with E-state index in [0.29, 0.717) is 27.9 Å². The molecule has 0 aromatic heterocycles. The second-order valence-corrected chi connectivity index (χ2v) is 8.85. The van der Waals surface area contributed by atoms with E-state index in [0.717, 1.165) is 15.2 Å². The average Bonchev–Trinajstić information content (AvgIpc) is 2.78. The van der Waals surface area contributed by atoms with Crippen LogP contribution in [-0.2, 0) is 16.1 Å². The average molecular weight is 538 g/mol. The van der Waals surface area contributed by atoms with Crippen LogP contribution in [0.4, 0.5) is 0 Å². The van der Waals surface area contributed by atoms with Gasteiger partial charge in [0.05, 0.1) is 4.47 Å². The molecule has 1 N–H and O–H groups in total. The first kappa shape index (κ1) is 24.4. The van der Waals surface area contributed by atoms with E-state index >= 15 is 0 Å². The fraction of sp³-hybridized carbons (Fsp3) is 0.250. The SMILES string of the molecule is CCNC(=O)C(C)N(Cc1ccc(Cl)cc1Cl)C(=O)COc1ccc2ccccc2c1Br. The van der Waals surface area contributed by atoms with Gasteiger partial charge in [-0.25, -0.2) is 0 Å². The summed E-state index contributed by atoms with van der Waals surface area (Å²) in [6, 6.07) is 16.0. The lowest BCUT2D eigenvalue weighted by molar-refractivity contribution is -0.142. The number of carbonyl (C=O) groups excluding carboxylic acids is 2. The van der Waals surface area contributed by atoms with E-state index in [2.05, 4.69) is 21.2 Å². The van der Waals surface area contributed by atoms with Crippen molar-refractivity contribution in [3.05, 3.63) is 74.7 Å². The van der Waals surface area contributed by atoms with Crippen LogP contribution < -0.4 is 10.1 Å². The van der Waals surface area contributed by atoms with Crippen molar-refractivity contribution in [2.45, 2.75) is 26.4 Å². The summed E-state index contributed by atoms with van der Waals surface area (Å²) < 4.78 is 6.61.